The van der Waals surface area contributed by atoms with E-state index < -0.39 is 52.2 Å². The van der Waals surface area contributed by atoms with Gasteiger partial charge in [0.25, 0.3) is 0 Å². The normalized spacial score (nSPS) is 51.9. The maximum atomic E-state index is 13.3. The van der Waals surface area contributed by atoms with Crippen LogP contribution < -0.4 is 0 Å². The summed E-state index contributed by atoms with van der Waals surface area (Å²) in [5, 5.41) is 56.2. The van der Waals surface area contributed by atoms with Crippen LogP contribution in [-0.2, 0) is 14.3 Å². The smallest absolute Gasteiger partial charge is 0.309 e. The molecule has 4 fully saturated rings. The van der Waals surface area contributed by atoms with Crippen LogP contribution in [0.25, 0.3) is 0 Å². The van der Waals surface area contributed by atoms with Gasteiger partial charge in [0.1, 0.15) is 6.10 Å². The van der Waals surface area contributed by atoms with Crippen molar-refractivity contribution in [2.75, 3.05) is 0 Å². The van der Waals surface area contributed by atoms with E-state index in [4.69, 9.17) is 4.74 Å². The summed E-state index contributed by atoms with van der Waals surface area (Å²) in [5.41, 5.74) is -3.47. The van der Waals surface area contributed by atoms with E-state index in [1.165, 1.54) is 0 Å². The Kier molecular flexibility index (Phi) is 6.33. The van der Waals surface area contributed by atoms with Gasteiger partial charge in [-0.1, -0.05) is 20.8 Å². The van der Waals surface area contributed by atoms with Gasteiger partial charge >= 0.3 is 5.97 Å². The van der Waals surface area contributed by atoms with Crippen LogP contribution in [0.4, 0.5) is 0 Å². The van der Waals surface area contributed by atoms with Gasteiger partial charge in [-0.05, 0) is 87.7 Å². The van der Waals surface area contributed by atoms with Crippen molar-refractivity contribution in [3.63, 3.8) is 0 Å². The summed E-state index contributed by atoms with van der Waals surface area (Å²) in [6, 6.07) is 0. The molecule has 0 amide bonds. The Morgan fingerprint density at radius 3 is 2.41 bits per heavy atom. The molecule has 4 unspecified atom stereocenters. The van der Waals surface area contributed by atoms with Crippen molar-refractivity contribution >= 4 is 11.8 Å². The summed E-state index contributed by atoms with van der Waals surface area (Å²) in [6.45, 7) is 9.21. The largest absolute Gasteiger partial charge is 0.462 e. The van der Waals surface area contributed by atoms with Gasteiger partial charge in [0.2, 0.25) is 0 Å². The Labute approximate surface area is 219 Å². The van der Waals surface area contributed by atoms with Gasteiger partial charge in [0, 0.05) is 17.3 Å². The van der Waals surface area contributed by atoms with E-state index in [-0.39, 0.29) is 48.5 Å². The van der Waals surface area contributed by atoms with Crippen molar-refractivity contribution in [3.05, 3.63) is 11.6 Å². The molecule has 5 rings (SSSR count). The predicted octanol–water partition coefficient (Wildman–Crippen LogP) is 1.89. The fourth-order valence-electron chi connectivity index (χ4n) is 9.39. The van der Waals surface area contributed by atoms with E-state index in [0.29, 0.717) is 37.7 Å². The third-order valence-corrected chi connectivity index (χ3v) is 11.9. The first kappa shape index (κ1) is 27.3. The highest BCUT2D eigenvalue weighted by Crippen LogP contribution is 2.68. The summed E-state index contributed by atoms with van der Waals surface area (Å²) in [4.78, 5) is 25.4. The molecule has 0 radical (unpaired) electrons. The Bertz CT molecular complexity index is 1010. The van der Waals surface area contributed by atoms with Crippen molar-refractivity contribution in [2.45, 2.75) is 115 Å². The van der Waals surface area contributed by atoms with Crippen LogP contribution in [0, 0.1) is 40.4 Å². The Morgan fingerprint density at radius 1 is 1.11 bits per heavy atom. The molecule has 0 aromatic heterocycles. The lowest BCUT2D eigenvalue weighted by Gasteiger charge is -2.60. The Balaban J connectivity index is 1.44. The monoisotopic (exact) mass is 520 g/mol. The minimum absolute atomic E-state index is 0.104. The van der Waals surface area contributed by atoms with E-state index in [0.717, 1.165) is 0 Å². The summed E-state index contributed by atoms with van der Waals surface area (Å²) in [7, 11) is 0. The number of aliphatic hydroxyl groups excluding tert-OH is 3. The van der Waals surface area contributed by atoms with Gasteiger partial charge in [0.05, 0.1) is 35.4 Å². The maximum absolute atomic E-state index is 13.3. The quantitative estimate of drug-likeness (QED) is 0.354. The number of ketones is 1. The third-order valence-electron chi connectivity index (χ3n) is 11.9. The first-order valence-corrected chi connectivity index (χ1v) is 14.0. The first-order chi connectivity index (χ1) is 17.1. The van der Waals surface area contributed by atoms with Crippen molar-refractivity contribution in [1.29, 1.82) is 0 Å². The molecule has 0 bridgehead atoms. The molecule has 37 heavy (non-hydrogen) atoms. The van der Waals surface area contributed by atoms with Crippen molar-refractivity contribution < 1.29 is 39.9 Å². The van der Waals surface area contributed by atoms with E-state index in [9.17, 15) is 35.1 Å². The number of hydrogen-bond acceptors (Lipinski definition) is 8. The van der Waals surface area contributed by atoms with Crippen LogP contribution in [0.1, 0.15) is 79.6 Å². The molecule has 208 valence electrons. The second-order valence-corrected chi connectivity index (χ2v) is 13.7. The predicted molar refractivity (Wildman–Crippen MR) is 134 cm³/mol. The van der Waals surface area contributed by atoms with E-state index in [2.05, 4.69) is 0 Å². The highest BCUT2D eigenvalue weighted by atomic mass is 16.6. The molecule has 0 spiro atoms. The van der Waals surface area contributed by atoms with Crippen LogP contribution in [0.15, 0.2) is 11.6 Å². The molecule has 1 saturated heterocycles. The van der Waals surface area contributed by atoms with Crippen LogP contribution in [0.5, 0.6) is 0 Å². The molecule has 0 aromatic carbocycles. The number of fused-ring (bicyclic) bond motifs is 5. The zero-order chi connectivity index (χ0) is 27.3. The molecule has 13 atom stereocenters. The minimum atomic E-state index is -1.52. The number of ether oxygens (including phenoxy) is 1. The van der Waals surface area contributed by atoms with E-state index in [1.807, 2.05) is 20.8 Å². The number of rotatable bonds is 4. The standard InChI is InChI=1S/C29H44O8/c1-14-16(15(2)37-25(14)34)10-24(33)28(5,35)23-7-9-29(36)18-11-20(30)19-12-21(31)22(32)13-26(19,3)17(18)6-8-27(23,29)4/h11,14-17,19,21-24,31-33,35-36H,6-10,12-13H2,1-5H3/t14-,15+,16-,17-,19-,21?,22?,23-,24+,26?,27?,28+,29+/m0/s1. The molecule has 1 aliphatic heterocycles. The van der Waals surface area contributed by atoms with Gasteiger partial charge < -0.3 is 30.3 Å². The fraction of sp³-hybridized carbons (Fsp3) is 0.862. The average Bonchev–Trinajstić information content (AvgIpc) is 3.23. The minimum Gasteiger partial charge on any atom is -0.462 e. The molecular weight excluding hydrogens is 476 g/mol. The highest BCUT2D eigenvalue weighted by molar-refractivity contribution is 5.95. The summed E-state index contributed by atoms with van der Waals surface area (Å²) < 4.78 is 5.34. The molecular formula is C29H44O8. The van der Waals surface area contributed by atoms with Gasteiger partial charge in [-0.15, -0.1) is 0 Å². The van der Waals surface area contributed by atoms with Crippen molar-refractivity contribution in [1.82, 2.24) is 0 Å². The molecule has 0 aromatic rings. The SMILES string of the molecule is C[C@@H]1C(=O)O[C@H](C)[C@H]1C[C@@H](O)[C@](C)(O)[C@H]1CC[C@@]2(O)C3=CC(=O)[C@@H]4CC(O)C(O)CC4(C)[C@H]3CCC12C. The highest BCUT2D eigenvalue weighted by Gasteiger charge is 2.69. The summed E-state index contributed by atoms with van der Waals surface area (Å²) >= 11 is 0. The number of esters is 1. The molecule has 8 nitrogen and oxygen atoms in total. The van der Waals surface area contributed by atoms with Gasteiger partial charge in [-0.3, -0.25) is 9.59 Å². The maximum Gasteiger partial charge on any atom is 0.309 e. The molecule has 5 N–H and O–H groups in total. The second-order valence-electron chi connectivity index (χ2n) is 13.7. The number of cyclic esters (lactones) is 1. The number of carbonyl (C=O) groups is 2. The van der Waals surface area contributed by atoms with Crippen molar-refractivity contribution in [3.8, 4) is 0 Å². The van der Waals surface area contributed by atoms with Gasteiger partial charge in [-0.25, -0.2) is 0 Å². The lowest BCUT2D eigenvalue weighted by atomic mass is 9.45. The van der Waals surface area contributed by atoms with E-state index >= 15 is 0 Å². The van der Waals surface area contributed by atoms with E-state index in [1.54, 1.807) is 19.9 Å². The Morgan fingerprint density at radius 2 is 1.78 bits per heavy atom. The van der Waals surface area contributed by atoms with Crippen LogP contribution in [0.2, 0.25) is 0 Å². The molecule has 5 aliphatic rings. The summed E-state index contributed by atoms with van der Waals surface area (Å²) in [6.07, 6.45) is 1.21. The zero-order valence-corrected chi connectivity index (χ0v) is 22.7. The first-order valence-electron chi connectivity index (χ1n) is 14.0. The van der Waals surface area contributed by atoms with Crippen molar-refractivity contribution in [2.24, 2.45) is 40.4 Å². The van der Waals surface area contributed by atoms with Crippen LogP contribution in [-0.4, -0.2) is 72.9 Å². The number of allylic oxidation sites excluding steroid dienone is 1. The number of carbonyl (C=O) groups excluding carboxylic acids is 2. The Hall–Kier alpha value is -1.32. The molecule has 3 saturated carbocycles. The molecule has 4 aliphatic carbocycles. The number of hydrogen-bond donors (Lipinski definition) is 5. The average molecular weight is 521 g/mol. The van der Waals surface area contributed by atoms with Crippen LogP contribution >= 0.6 is 0 Å². The lowest BCUT2D eigenvalue weighted by Crippen LogP contribution is -2.63. The fourth-order valence-corrected chi connectivity index (χ4v) is 9.39. The summed E-state index contributed by atoms with van der Waals surface area (Å²) in [5.74, 6) is -1.88. The van der Waals surface area contributed by atoms with Gasteiger partial charge in [0.15, 0.2) is 5.78 Å². The van der Waals surface area contributed by atoms with Crippen LogP contribution in [0.3, 0.4) is 0 Å². The lowest BCUT2D eigenvalue weighted by molar-refractivity contribution is -0.178. The molecule has 8 heteroatoms. The zero-order valence-electron chi connectivity index (χ0n) is 22.7. The van der Waals surface area contributed by atoms with Gasteiger partial charge in [-0.2, -0.15) is 0 Å². The number of aliphatic hydroxyl groups is 5. The molecule has 1 heterocycles. The third kappa shape index (κ3) is 3.65. The topological polar surface area (TPSA) is 145 Å². The second kappa shape index (κ2) is 8.59.